The van der Waals surface area contributed by atoms with Crippen LogP contribution in [0.15, 0.2) is 24.3 Å². The molecule has 1 aliphatic rings. The van der Waals surface area contributed by atoms with E-state index in [1.165, 1.54) is 0 Å². The quantitative estimate of drug-likeness (QED) is 0.851. The Balaban J connectivity index is 1.85. The maximum absolute atomic E-state index is 5.60. The molecule has 0 bridgehead atoms. The number of rotatable bonds is 5. The zero-order chi connectivity index (χ0) is 12.3. The van der Waals surface area contributed by atoms with Crippen LogP contribution in [0.3, 0.4) is 0 Å². The van der Waals surface area contributed by atoms with Gasteiger partial charge in [0.05, 0.1) is 19.3 Å². The van der Waals surface area contributed by atoms with Gasteiger partial charge in [0.25, 0.3) is 0 Å². The van der Waals surface area contributed by atoms with E-state index < -0.39 is 0 Å². The molecular formula is C14H21NO2. The van der Waals surface area contributed by atoms with Crippen LogP contribution in [0.5, 0.6) is 5.75 Å². The molecule has 0 spiro atoms. The van der Waals surface area contributed by atoms with Crippen LogP contribution in [0, 0.1) is 5.41 Å². The number of ether oxygens (including phenoxy) is 2. The normalized spacial score (nSPS) is 17.6. The van der Waals surface area contributed by atoms with Crippen molar-refractivity contribution in [3.05, 3.63) is 24.3 Å². The van der Waals surface area contributed by atoms with Crippen molar-refractivity contribution in [3.63, 3.8) is 0 Å². The van der Waals surface area contributed by atoms with Gasteiger partial charge in [-0.25, -0.2) is 0 Å². The average Bonchev–Trinajstić information content (AvgIpc) is 2.25. The smallest absolute Gasteiger partial charge is 0.119 e. The van der Waals surface area contributed by atoms with Gasteiger partial charge in [0.15, 0.2) is 0 Å². The molecule has 3 nitrogen and oxygen atoms in total. The van der Waals surface area contributed by atoms with Crippen molar-refractivity contribution < 1.29 is 9.47 Å². The van der Waals surface area contributed by atoms with Crippen molar-refractivity contribution in [1.82, 2.24) is 0 Å². The van der Waals surface area contributed by atoms with Crippen molar-refractivity contribution in [2.24, 2.45) is 5.41 Å². The highest BCUT2D eigenvalue weighted by molar-refractivity contribution is 5.46. The number of hydrogen-bond donors (Lipinski definition) is 1. The van der Waals surface area contributed by atoms with Crippen LogP contribution in [0.2, 0.25) is 0 Å². The first-order valence-corrected chi connectivity index (χ1v) is 6.16. The highest BCUT2D eigenvalue weighted by Gasteiger charge is 2.32. The lowest BCUT2D eigenvalue weighted by Crippen LogP contribution is -2.45. The Kier molecular flexibility index (Phi) is 3.57. The van der Waals surface area contributed by atoms with E-state index >= 15 is 0 Å². The summed E-state index contributed by atoms with van der Waals surface area (Å²) in [5.74, 6) is 0.920. The molecule has 1 heterocycles. The van der Waals surface area contributed by atoms with Gasteiger partial charge in [0.2, 0.25) is 0 Å². The molecule has 0 aromatic heterocycles. The Hall–Kier alpha value is -1.22. The second kappa shape index (κ2) is 4.96. The Morgan fingerprint density at radius 1 is 1.29 bits per heavy atom. The summed E-state index contributed by atoms with van der Waals surface area (Å²) in [6, 6.07) is 8.12. The molecule has 0 unspecified atom stereocenters. The molecule has 1 fully saturated rings. The standard InChI is InChI=1S/C14H21NO2/c1-11(2)17-13-6-4-12(5-7-13)15-8-14(3)9-16-10-14/h4-7,11,15H,8-10H2,1-3H3. The van der Waals surface area contributed by atoms with E-state index in [4.69, 9.17) is 9.47 Å². The predicted molar refractivity (Wildman–Crippen MR) is 69.6 cm³/mol. The third-order valence-electron chi connectivity index (χ3n) is 2.85. The maximum Gasteiger partial charge on any atom is 0.119 e. The molecule has 1 saturated heterocycles. The molecule has 0 aliphatic carbocycles. The van der Waals surface area contributed by atoms with Crippen LogP contribution in [0.25, 0.3) is 0 Å². The van der Waals surface area contributed by atoms with E-state index in [1.54, 1.807) is 0 Å². The molecule has 0 amide bonds. The minimum atomic E-state index is 0.222. The summed E-state index contributed by atoms with van der Waals surface area (Å²) in [5, 5.41) is 3.43. The fraction of sp³-hybridized carbons (Fsp3) is 0.571. The van der Waals surface area contributed by atoms with Gasteiger partial charge in [-0.2, -0.15) is 0 Å². The summed E-state index contributed by atoms with van der Waals surface area (Å²) in [5.41, 5.74) is 1.43. The minimum absolute atomic E-state index is 0.222. The summed E-state index contributed by atoms with van der Waals surface area (Å²) >= 11 is 0. The highest BCUT2D eigenvalue weighted by Crippen LogP contribution is 2.27. The lowest BCUT2D eigenvalue weighted by molar-refractivity contribution is -0.0924. The van der Waals surface area contributed by atoms with Gasteiger partial charge in [-0.15, -0.1) is 0 Å². The number of nitrogens with one attached hydrogen (secondary N) is 1. The largest absolute Gasteiger partial charge is 0.491 e. The second-order valence-electron chi connectivity index (χ2n) is 5.35. The topological polar surface area (TPSA) is 30.5 Å². The van der Waals surface area contributed by atoms with E-state index in [0.717, 1.165) is 31.2 Å². The van der Waals surface area contributed by atoms with Gasteiger partial charge in [-0.3, -0.25) is 0 Å². The number of anilines is 1. The Morgan fingerprint density at radius 2 is 1.94 bits per heavy atom. The molecule has 1 N–H and O–H groups in total. The van der Waals surface area contributed by atoms with Crippen LogP contribution in [-0.4, -0.2) is 25.9 Å². The van der Waals surface area contributed by atoms with Crippen molar-refractivity contribution in [2.45, 2.75) is 26.9 Å². The SMILES string of the molecule is CC(C)Oc1ccc(NCC2(C)COC2)cc1. The van der Waals surface area contributed by atoms with Gasteiger partial charge in [0.1, 0.15) is 5.75 Å². The summed E-state index contributed by atoms with van der Waals surface area (Å²) in [6.45, 7) is 8.97. The van der Waals surface area contributed by atoms with E-state index in [0.29, 0.717) is 5.41 Å². The molecule has 0 radical (unpaired) electrons. The van der Waals surface area contributed by atoms with E-state index in [-0.39, 0.29) is 6.10 Å². The fourth-order valence-electron chi connectivity index (χ4n) is 1.79. The monoisotopic (exact) mass is 235 g/mol. The van der Waals surface area contributed by atoms with E-state index in [9.17, 15) is 0 Å². The van der Waals surface area contributed by atoms with Gasteiger partial charge in [-0.05, 0) is 38.1 Å². The first-order valence-electron chi connectivity index (χ1n) is 6.16. The van der Waals surface area contributed by atoms with Crippen molar-refractivity contribution in [2.75, 3.05) is 25.1 Å². The molecule has 0 saturated carbocycles. The summed E-state index contributed by atoms with van der Waals surface area (Å²) in [7, 11) is 0. The van der Waals surface area contributed by atoms with Crippen LogP contribution in [0.4, 0.5) is 5.69 Å². The van der Waals surface area contributed by atoms with Gasteiger partial charge in [0, 0.05) is 17.6 Å². The molecule has 94 valence electrons. The maximum atomic E-state index is 5.60. The zero-order valence-electron chi connectivity index (χ0n) is 10.8. The molecule has 3 heteroatoms. The van der Waals surface area contributed by atoms with Crippen molar-refractivity contribution in [1.29, 1.82) is 0 Å². The van der Waals surface area contributed by atoms with Gasteiger partial charge < -0.3 is 14.8 Å². The molecule has 1 aromatic carbocycles. The van der Waals surface area contributed by atoms with Crippen LogP contribution < -0.4 is 10.1 Å². The van der Waals surface area contributed by atoms with Crippen LogP contribution in [-0.2, 0) is 4.74 Å². The summed E-state index contributed by atoms with van der Waals surface area (Å²) in [4.78, 5) is 0. The highest BCUT2D eigenvalue weighted by atomic mass is 16.5. The summed E-state index contributed by atoms with van der Waals surface area (Å²) in [6.07, 6.45) is 0.222. The van der Waals surface area contributed by atoms with Gasteiger partial charge >= 0.3 is 0 Å². The van der Waals surface area contributed by atoms with E-state index in [2.05, 4.69) is 24.4 Å². The summed E-state index contributed by atoms with van der Waals surface area (Å²) < 4.78 is 10.8. The lowest BCUT2D eigenvalue weighted by Gasteiger charge is -2.38. The number of hydrogen-bond acceptors (Lipinski definition) is 3. The third-order valence-corrected chi connectivity index (χ3v) is 2.85. The molecular weight excluding hydrogens is 214 g/mol. The Labute approximate surface area is 103 Å². The molecule has 17 heavy (non-hydrogen) atoms. The third kappa shape index (κ3) is 3.37. The average molecular weight is 235 g/mol. The molecule has 1 aliphatic heterocycles. The first-order chi connectivity index (χ1) is 8.07. The molecule has 1 aromatic rings. The van der Waals surface area contributed by atoms with E-state index in [1.807, 2.05) is 26.0 Å². The molecule has 0 atom stereocenters. The first kappa shape index (κ1) is 12.2. The van der Waals surface area contributed by atoms with Crippen molar-refractivity contribution >= 4 is 5.69 Å². The van der Waals surface area contributed by atoms with Crippen LogP contribution in [0.1, 0.15) is 20.8 Å². The lowest BCUT2D eigenvalue weighted by atomic mass is 9.89. The van der Waals surface area contributed by atoms with Gasteiger partial charge in [-0.1, -0.05) is 6.92 Å². The van der Waals surface area contributed by atoms with Crippen LogP contribution >= 0.6 is 0 Å². The Bertz CT molecular complexity index is 355. The molecule has 2 rings (SSSR count). The Morgan fingerprint density at radius 3 is 2.41 bits per heavy atom. The zero-order valence-corrected chi connectivity index (χ0v) is 10.8. The second-order valence-corrected chi connectivity index (χ2v) is 5.35. The predicted octanol–water partition coefficient (Wildman–Crippen LogP) is 2.92. The number of benzene rings is 1. The fourth-order valence-corrected chi connectivity index (χ4v) is 1.79. The minimum Gasteiger partial charge on any atom is -0.491 e. The van der Waals surface area contributed by atoms with Crippen molar-refractivity contribution in [3.8, 4) is 5.75 Å².